The minimum absolute atomic E-state index is 0.0415. The number of benzene rings is 3. The number of nitro benzene ring substituents is 1. The molecule has 3 aromatic carbocycles. The van der Waals surface area contributed by atoms with E-state index in [1.54, 1.807) is 47.4 Å². The first-order chi connectivity index (χ1) is 16.4. The lowest BCUT2D eigenvalue weighted by Gasteiger charge is -2.28. The van der Waals surface area contributed by atoms with Crippen LogP contribution in [0.25, 0.3) is 22.1 Å². The summed E-state index contributed by atoms with van der Waals surface area (Å²) in [5, 5.41) is 21.4. The van der Waals surface area contributed by atoms with Crippen LogP contribution in [0, 0.1) is 21.4 Å². The third-order valence-electron chi connectivity index (χ3n) is 5.98. The number of nitrogens with two attached hydrogens (primary N) is 1. The molecule has 5 aromatic rings. The number of nitriles is 1. The zero-order chi connectivity index (χ0) is 23.9. The number of nitrogens with zero attached hydrogens (tertiary/aromatic N) is 4. The molecule has 166 valence electrons. The van der Waals surface area contributed by atoms with E-state index in [-0.39, 0.29) is 5.69 Å². The van der Waals surface area contributed by atoms with Crippen LogP contribution in [0.3, 0.4) is 0 Å². The molecule has 0 saturated carbocycles. The van der Waals surface area contributed by atoms with E-state index < -0.39 is 10.5 Å². The Morgan fingerprint density at radius 2 is 1.85 bits per heavy atom. The molecule has 0 aliphatic heterocycles. The van der Waals surface area contributed by atoms with Crippen molar-refractivity contribution in [2.24, 2.45) is 12.8 Å². The molecule has 34 heavy (non-hydrogen) atoms. The second-order valence-corrected chi connectivity index (χ2v) is 8.03. The van der Waals surface area contributed by atoms with Crippen molar-refractivity contribution in [2.75, 3.05) is 0 Å². The number of aryl methyl sites for hydroxylation is 1. The van der Waals surface area contributed by atoms with Gasteiger partial charge in [-0.1, -0.05) is 42.5 Å². The molecule has 0 bridgehead atoms. The zero-order valence-electron chi connectivity index (χ0n) is 18.2. The molecule has 0 saturated heterocycles. The second kappa shape index (κ2) is 7.99. The summed E-state index contributed by atoms with van der Waals surface area (Å²) in [7, 11) is 1.83. The first-order valence-electron chi connectivity index (χ1n) is 10.5. The number of aromatic nitrogens is 2. The number of nitro groups is 1. The Morgan fingerprint density at radius 3 is 2.47 bits per heavy atom. The zero-order valence-corrected chi connectivity index (χ0v) is 18.2. The van der Waals surface area contributed by atoms with E-state index in [0.717, 1.165) is 5.56 Å². The summed E-state index contributed by atoms with van der Waals surface area (Å²) in [4.78, 5) is 15.5. The van der Waals surface area contributed by atoms with Crippen molar-refractivity contribution in [2.45, 2.75) is 5.54 Å². The van der Waals surface area contributed by atoms with E-state index in [2.05, 4.69) is 11.1 Å². The van der Waals surface area contributed by atoms with Crippen molar-refractivity contribution in [3.63, 3.8) is 0 Å². The second-order valence-electron chi connectivity index (χ2n) is 8.03. The van der Waals surface area contributed by atoms with E-state index in [4.69, 9.17) is 10.2 Å². The van der Waals surface area contributed by atoms with E-state index in [0.29, 0.717) is 39.1 Å². The maximum absolute atomic E-state index is 11.7. The van der Waals surface area contributed by atoms with Crippen molar-refractivity contribution in [3.05, 3.63) is 118 Å². The first-order valence-corrected chi connectivity index (χ1v) is 10.5. The molecule has 0 amide bonds. The average molecular weight is 449 g/mol. The van der Waals surface area contributed by atoms with Gasteiger partial charge >= 0.3 is 0 Å². The van der Waals surface area contributed by atoms with Gasteiger partial charge in [0.25, 0.3) is 5.69 Å². The quantitative estimate of drug-likeness (QED) is 0.302. The first kappa shape index (κ1) is 21.1. The van der Waals surface area contributed by atoms with Crippen LogP contribution in [-0.2, 0) is 12.6 Å². The van der Waals surface area contributed by atoms with Gasteiger partial charge in [-0.05, 0) is 29.3 Å². The molecule has 8 heteroatoms. The summed E-state index contributed by atoms with van der Waals surface area (Å²) in [6.45, 7) is 0. The van der Waals surface area contributed by atoms with E-state index in [9.17, 15) is 15.4 Å². The Kier molecular flexibility index (Phi) is 4.97. The standard InChI is InChI=1S/C26H19N5O3/c1-30-16-29-15-23(30)26(28,20-9-7-17(14-27)8-10-20)24-12-19-11-21(31(32)33)13-22(25(19)34-24)18-5-3-2-4-6-18/h2-13,15-16H,28H2,1H3/t26-/m0/s1. The third kappa shape index (κ3) is 3.32. The molecular formula is C26H19N5O3. The predicted octanol–water partition coefficient (Wildman–Crippen LogP) is 4.86. The number of imidazole rings is 1. The van der Waals surface area contributed by atoms with Crippen molar-refractivity contribution >= 4 is 16.7 Å². The van der Waals surface area contributed by atoms with E-state index >= 15 is 0 Å². The maximum Gasteiger partial charge on any atom is 0.270 e. The minimum atomic E-state index is -1.26. The Balaban J connectivity index is 1.80. The number of non-ortho nitro benzene ring substituents is 1. The molecule has 2 heterocycles. The highest BCUT2D eigenvalue weighted by atomic mass is 16.6. The highest BCUT2D eigenvalue weighted by Gasteiger charge is 2.38. The monoisotopic (exact) mass is 449 g/mol. The molecule has 0 fully saturated rings. The minimum Gasteiger partial charge on any atom is -0.458 e. The Labute approximate surface area is 194 Å². The fourth-order valence-corrected chi connectivity index (χ4v) is 4.23. The van der Waals surface area contributed by atoms with Crippen LogP contribution in [0.5, 0.6) is 0 Å². The number of rotatable bonds is 5. The Hall–Kier alpha value is -4.74. The Morgan fingerprint density at radius 1 is 1.12 bits per heavy atom. The highest BCUT2D eigenvalue weighted by Crippen LogP contribution is 2.41. The number of fused-ring (bicyclic) bond motifs is 1. The van der Waals surface area contributed by atoms with Crippen molar-refractivity contribution in [3.8, 4) is 17.2 Å². The smallest absolute Gasteiger partial charge is 0.270 e. The van der Waals surface area contributed by atoms with Gasteiger partial charge in [-0.15, -0.1) is 0 Å². The fraction of sp³-hybridized carbons (Fsp3) is 0.0769. The lowest BCUT2D eigenvalue weighted by atomic mass is 9.84. The van der Waals surface area contributed by atoms with Crippen LogP contribution >= 0.6 is 0 Å². The third-order valence-corrected chi connectivity index (χ3v) is 5.98. The van der Waals surface area contributed by atoms with Crippen LogP contribution in [0.4, 0.5) is 5.69 Å². The molecular weight excluding hydrogens is 430 g/mol. The summed E-state index contributed by atoms with van der Waals surface area (Å²) < 4.78 is 8.19. The summed E-state index contributed by atoms with van der Waals surface area (Å²) in [6.07, 6.45) is 3.30. The molecule has 0 unspecified atom stereocenters. The van der Waals surface area contributed by atoms with Crippen LogP contribution in [0.2, 0.25) is 0 Å². The SMILES string of the molecule is Cn1cncc1[C@@](N)(c1ccc(C#N)cc1)c1cc2cc([N+](=O)[O-])cc(-c3ccccc3)c2o1. The van der Waals surface area contributed by atoms with Crippen molar-refractivity contribution in [1.82, 2.24) is 9.55 Å². The molecule has 2 aromatic heterocycles. The molecule has 5 rings (SSSR count). The fourth-order valence-electron chi connectivity index (χ4n) is 4.23. The highest BCUT2D eigenvalue weighted by molar-refractivity contribution is 5.95. The van der Waals surface area contributed by atoms with Gasteiger partial charge in [0.15, 0.2) is 0 Å². The van der Waals surface area contributed by atoms with E-state index in [1.807, 2.05) is 37.4 Å². The van der Waals surface area contributed by atoms with Crippen molar-refractivity contribution < 1.29 is 9.34 Å². The van der Waals surface area contributed by atoms with Gasteiger partial charge in [-0.3, -0.25) is 10.1 Å². The summed E-state index contributed by atoms with van der Waals surface area (Å²) in [6, 6.07) is 23.1. The van der Waals surface area contributed by atoms with Gasteiger partial charge in [-0.2, -0.15) is 5.26 Å². The van der Waals surface area contributed by atoms with Gasteiger partial charge in [0.05, 0.1) is 34.8 Å². The lowest BCUT2D eigenvalue weighted by molar-refractivity contribution is -0.384. The van der Waals surface area contributed by atoms with Crippen LogP contribution in [0.1, 0.15) is 22.6 Å². The number of hydrogen-bond acceptors (Lipinski definition) is 6. The summed E-state index contributed by atoms with van der Waals surface area (Å²) in [5.74, 6) is 0.397. The van der Waals surface area contributed by atoms with Gasteiger partial charge < -0.3 is 14.7 Å². The van der Waals surface area contributed by atoms with Crippen LogP contribution < -0.4 is 5.73 Å². The van der Waals surface area contributed by atoms with Gasteiger partial charge in [0.2, 0.25) is 0 Å². The molecule has 1 atom stereocenters. The molecule has 0 aliphatic carbocycles. The Bertz CT molecular complexity index is 1560. The molecule has 8 nitrogen and oxygen atoms in total. The van der Waals surface area contributed by atoms with Gasteiger partial charge in [0.1, 0.15) is 16.9 Å². The lowest BCUT2D eigenvalue weighted by Crippen LogP contribution is -2.40. The summed E-state index contributed by atoms with van der Waals surface area (Å²) >= 11 is 0. The molecule has 0 radical (unpaired) electrons. The number of furan rings is 1. The van der Waals surface area contributed by atoms with Crippen LogP contribution in [0.15, 0.2) is 89.7 Å². The average Bonchev–Trinajstić information content (AvgIpc) is 3.50. The van der Waals surface area contributed by atoms with Crippen molar-refractivity contribution in [1.29, 1.82) is 5.26 Å². The van der Waals surface area contributed by atoms with Crippen LogP contribution in [-0.4, -0.2) is 14.5 Å². The summed E-state index contributed by atoms with van der Waals surface area (Å²) in [5.41, 5.74) is 9.51. The molecule has 2 N–H and O–H groups in total. The van der Waals surface area contributed by atoms with E-state index in [1.165, 1.54) is 12.1 Å². The van der Waals surface area contributed by atoms with Gasteiger partial charge in [-0.25, -0.2) is 4.98 Å². The molecule has 0 spiro atoms. The largest absolute Gasteiger partial charge is 0.458 e. The topological polar surface area (TPSA) is 124 Å². The number of hydrogen-bond donors (Lipinski definition) is 1. The normalized spacial score (nSPS) is 12.9. The van der Waals surface area contributed by atoms with Gasteiger partial charge in [0, 0.05) is 30.1 Å². The molecule has 0 aliphatic rings. The maximum atomic E-state index is 11.7. The predicted molar refractivity (Wildman–Crippen MR) is 127 cm³/mol.